The molecule has 0 spiro atoms. The van der Waals surface area contributed by atoms with E-state index in [1.54, 1.807) is 7.11 Å². The summed E-state index contributed by atoms with van der Waals surface area (Å²) in [7, 11) is 1.73. The molecular weight excluding hydrogens is 246 g/mol. The Morgan fingerprint density at radius 1 is 1.20 bits per heavy atom. The van der Waals surface area contributed by atoms with E-state index in [-0.39, 0.29) is 0 Å². The number of hydrogen-bond donors (Lipinski definition) is 1. The first-order chi connectivity index (χ1) is 9.81. The van der Waals surface area contributed by atoms with Crippen molar-refractivity contribution in [2.75, 3.05) is 12.4 Å². The third-order valence-corrected chi connectivity index (χ3v) is 4.16. The van der Waals surface area contributed by atoms with Crippen molar-refractivity contribution in [2.24, 2.45) is 0 Å². The van der Waals surface area contributed by atoms with Gasteiger partial charge in [0.1, 0.15) is 5.75 Å². The van der Waals surface area contributed by atoms with Gasteiger partial charge in [0, 0.05) is 5.69 Å². The van der Waals surface area contributed by atoms with Crippen LogP contribution in [0.25, 0.3) is 0 Å². The zero-order valence-electron chi connectivity index (χ0n) is 12.1. The van der Waals surface area contributed by atoms with E-state index >= 15 is 0 Å². The summed E-state index contributed by atoms with van der Waals surface area (Å²) in [6, 6.07) is 15.4. The second kappa shape index (κ2) is 5.58. The minimum absolute atomic E-state index is 0.396. The van der Waals surface area contributed by atoms with E-state index in [1.165, 1.54) is 22.4 Å². The molecule has 1 aliphatic carbocycles. The van der Waals surface area contributed by atoms with Crippen molar-refractivity contribution in [3.8, 4) is 5.75 Å². The van der Waals surface area contributed by atoms with Gasteiger partial charge in [-0.25, -0.2) is 0 Å². The van der Waals surface area contributed by atoms with Crippen LogP contribution < -0.4 is 10.1 Å². The van der Waals surface area contributed by atoms with E-state index in [2.05, 4.69) is 54.7 Å². The number of nitrogens with one attached hydrogen (secondary N) is 1. The Bertz CT molecular complexity index is 606. The molecule has 0 amide bonds. The lowest BCUT2D eigenvalue weighted by Crippen LogP contribution is -2.08. The molecule has 20 heavy (non-hydrogen) atoms. The van der Waals surface area contributed by atoms with E-state index in [9.17, 15) is 0 Å². The average Bonchev–Trinajstić information content (AvgIpc) is 2.90. The molecule has 2 nitrogen and oxygen atoms in total. The number of hydrogen-bond acceptors (Lipinski definition) is 2. The van der Waals surface area contributed by atoms with Crippen molar-refractivity contribution in [3.63, 3.8) is 0 Å². The quantitative estimate of drug-likeness (QED) is 0.888. The zero-order chi connectivity index (χ0) is 13.9. The lowest BCUT2D eigenvalue weighted by molar-refractivity contribution is 0.414. The van der Waals surface area contributed by atoms with Gasteiger partial charge in [-0.05, 0) is 54.2 Å². The van der Waals surface area contributed by atoms with Gasteiger partial charge in [-0.3, -0.25) is 0 Å². The minimum Gasteiger partial charge on any atom is -0.497 e. The Kier molecular flexibility index (Phi) is 3.64. The van der Waals surface area contributed by atoms with Gasteiger partial charge in [0.2, 0.25) is 0 Å². The van der Waals surface area contributed by atoms with Crippen LogP contribution >= 0.6 is 0 Å². The van der Waals surface area contributed by atoms with Gasteiger partial charge in [-0.1, -0.05) is 31.2 Å². The van der Waals surface area contributed by atoms with E-state index in [0.29, 0.717) is 6.04 Å². The third-order valence-electron chi connectivity index (χ3n) is 4.16. The number of methoxy groups -OCH3 is 1. The van der Waals surface area contributed by atoms with Crippen LogP contribution in [0.5, 0.6) is 5.75 Å². The van der Waals surface area contributed by atoms with Crippen LogP contribution in [0.3, 0.4) is 0 Å². The molecule has 0 radical (unpaired) electrons. The SMILES string of the molecule is CCc1ccccc1NC1CCc2ccc(OC)cc21. The molecule has 1 aliphatic rings. The topological polar surface area (TPSA) is 21.3 Å². The van der Waals surface area contributed by atoms with Crippen molar-refractivity contribution >= 4 is 5.69 Å². The molecule has 3 rings (SSSR count). The minimum atomic E-state index is 0.396. The predicted octanol–water partition coefficient (Wildman–Crippen LogP) is 4.36. The number of fused-ring (bicyclic) bond motifs is 1. The molecule has 0 saturated carbocycles. The first-order valence-electron chi connectivity index (χ1n) is 7.33. The molecular formula is C18H21NO. The number of rotatable bonds is 4. The van der Waals surface area contributed by atoms with Gasteiger partial charge in [-0.2, -0.15) is 0 Å². The molecule has 0 aliphatic heterocycles. The van der Waals surface area contributed by atoms with E-state index in [4.69, 9.17) is 4.74 Å². The van der Waals surface area contributed by atoms with Gasteiger partial charge < -0.3 is 10.1 Å². The summed E-state index contributed by atoms with van der Waals surface area (Å²) < 4.78 is 5.36. The number of aryl methyl sites for hydroxylation is 2. The molecule has 1 atom stereocenters. The number of benzene rings is 2. The first-order valence-corrected chi connectivity index (χ1v) is 7.33. The Balaban J connectivity index is 1.87. The molecule has 0 heterocycles. The molecule has 1 N–H and O–H groups in total. The van der Waals surface area contributed by atoms with Gasteiger partial charge in [0.15, 0.2) is 0 Å². The highest BCUT2D eigenvalue weighted by Crippen LogP contribution is 2.36. The van der Waals surface area contributed by atoms with E-state index in [1.807, 2.05) is 0 Å². The largest absolute Gasteiger partial charge is 0.497 e. The summed E-state index contributed by atoms with van der Waals surface area (Å²) >= 11 is 0. The van der Waals surface area contributed by atoms with Crippen molar-refractivity contribution in [2.45, 2.75) is 32.2 Å². The van der Waals surface area contributed by atoms with E-state index in [0.717, 1.165) is 25.0 Å². The zero-order valence-corrected chi connectivity index (χ0v) is 12.1. The second-order valence-corrected chi connectivity index (χ2v) is 5.31. The molecule has 0 bridgehead atoms. The second-order valence-electron chi connectivity index (χ2n) is 5.31. The van der Waals surface area contributed by atoms with Gasteiger partial charge in [-0.15, -0.1) is 0 Å². The van der Waals surface area contributed by atoms with Crippen LogP contribution in [-0.4, -0.2) is 7.11 Å². The molecule has 2 aromatic rings. The number of anilines is 1. The molecule has 0 saturated heterocycles. The maximum Gasteiger partial charge on any atom is 0.119 e. The van der Waals surface area contributed by atoms with Gasteiger partial charge in [0.05, 0.1) is 13.2 Å². The summed E-state index contributed by atoms with van der Waals surface area (Å²) in [6.45, 7) is 2.20. The predicted molar refractivity (Wildman–Crippen MR) is 83.5 cm³/mol. The van der Waals surface area contributed by atoms with Crippen molar-refractivity contribution < 1.29 is 4.74 Å². The molecule has 2 aromatic carbocycles. The highest BCUT2D eigenvalue weighted by molar-refractivity contribution is 5.54. The van der Waals surface area contributed by atoms with Crippen molar-refractivity contribution in [3.05, 3.63) is 59.2 Å². The maximum absolute atomic E-state index is 5.36. The smallest absolute Gasteiger partial charge is 0.119 e. The fourth-order valence-corrected chi connectivity index (χ4v) is 3.01. The van der Waals surface area contributed by atoms with Crippen LogP contribution in [0, 0.1) is 0 Å². The summed E-state index contributed by atoms with van der Waals surface area (Å²) in [4.78, 5) is 0. The maximum atomic E-state index is 5.36. The van der Waals surface area contributed by atoms with Crippen LogP contribution in [0.4, 0.5) is 5.69 Å². The van der Waals surface area contributed by atoms with E-state index < -0.39 is 0 Å². The number of ether oxygens (including phenoxy) is 1. The fourth-order valence-electron chi connectivity index (χ4n) is 3.01. The van der Waals surface area contributed by atoms with Crippen LogP contribution in [0.1, 0.15) is 36.1 Å². The summed E-state index contributed by atoms with van der Waals surface area (Å²) in [5, 5.41) is 3.71. The highest BCUT2D eigenvalue weighted by Gasteiger charge is 2.23. The van der Waals surface area contributed by atoms with Crippen LogP contribution in [0.2, 0.25) is 0 Å². The molecule has 0 fully saturated rings. The summed E-state index contributed by atoms with van der Waals surface area (Å²) in [6.07, 6.45) is 3.35. The molecule has 2 heteroatoms. The standard InChI is InChI=1S/C18H21NO/c1-3-13-6-4-5-7-17(13)19-18-11-9-14-8-10-15(20-2)12-16(14)18/h4-8,10,12,18-19H,3,9,11H2,1-2H3. The third kappa shape index (κ3) is 2.38. The van der Waals surface area contributed by atoms with Gasteiger partial charge in [0.25, 0.3) is 0 Å². The summed E-state index contributed by atoms with van der Waals surface area (Å²) in [5.74, 6) is 0.946. The van der Waals surface area contributed by atoms with Gasteiger partial charge >= 0.3 is 0 Å². The Morgan fingerprint density at radius 3 is 2.85 bits per heavy atom. The number of para-hydroxylation sites is 1. The van der Waals surface area contributed by atoms with Crippen molar-refractivity contribution in [1.82, 2.24) is 0 Å². The molecule has 1 unspecified atom stereocenters. The average molecular weight is 267 g/mol. The first kappa shape index (κ1) is 13.0. The molecule has 104 valence electrons. The van der Waals surface area contributed by atoms with Crippen molar-refractivity contribution in [1.29, 1.82) is 0 Å². The van der Waals surface area contributed by atoms with Crippen LogP contribution in [0.15, 0.2) is 42.5 Å². The lowest BCUT2D eigenvalue weighted by Gasteiger charge is -2.18. The lowest BCUT2D eigenvalue weighted by atomic mass is 10.1. The monoisotopic (exact) mass is 267 g/mol. The fraction of sp³-hybridized carbons (Fsp3) is 0.333. The Labute approximate surface area is 120 Å². The Hall–Kier alpha value is -1.96. The van der Waals surface area contributed by atoms with Crippen LogP contribution in [-0.2, 0) is 12.8 Å². The highest BCUT2D eigenvalue weighted by atomic mass is 16.5. The normalized spacial score (nSPS) is 16.8. The summed E-state index contributed by atoms with van der Waals surface area (Å²) in [5.41, 5.74) is 5.46. The molecule has 0 aromatic heterocycles. The Morgan fingerprint density at radius 2 is 2.05 bits per heavy atom.